The van der Waals surface area contributed by atoms with Gasteiger partial charge in [0.15, 0.2) is 5.84 Å². The molecule has 0 atom stereocenters. The van der Waals surface area contributed by atoms with Crippen molar-refractivity contribution in [3.05, 3.63) is 35.1 Å². The Hall–Kier alpha value is -1.70. The molecule has 1 rings (SSSR count). The topological polar surface area (TPSA) is 80.3 Å². The fourth-order valence-corrected chi connectivity index (χ4v) is 1.84. The Kier molecular flexibility index (Phi) is 7.66. The van der Waals surface area contributed by atoms with E-state index in [0.717, 1.165) is 0 Å². The van der Waals surface area contributed by atoms with Gasteiger partial charge in [-0.3, -0.25) is 4.90 Å². The molecule has 0 fully saturated rings. The number of ether oxygens (including phenoxy) is 2. The highest BCUT2D eigenvalue weighted by Crippen LogP contribution is 2.13. The highest BCUT2D eigenvalue weighted by atomic mass is 19.1. The van der Waals surface area contributed by atoms with Gasteiger partial charge in [0.25, 0.3) is 0 Å². The van der Waals surface area contributed by atoms with Crippen LogP contribution in [0.2, 0.25) is 0 Å². The number of amidine groups is 1. The molecule has 6 nitrogen and oxygen atoms in total. The monoisotopic (exact) mass is 299 g/mol. The molecule has 0 spiro atoms. The van der Waals surface area contributed by atoms with Gasteiger partial charge in [0.1, 0.15) is 5.82 Å². The van der Waals surface area contributed by atoms with E-state index >= 15 is 0 Å². The average molecular weight is 299 g/mol. The molecule has 0 aliphatic rings. The van der Waals surface area contributed by atoms with E-state index in [-0.39, 0.29) is 11.7 Å². The number of nitrogens with two attached hydrogens (primary N) is 1. The first-order valence-electron chi connectivity index (χ1n) is 6.59. The summed E-state index contributed by atoms with van der Waals surface area (Å²) in [4.78, 5) is 2.04. The Morgan fingerprint density at radius 2 is 1.90 bits per heavy atom. The molecule has 0 bridgehead atoms. The molecular weight excluding hydrogens is 277 g/mol. The fourth-order valence-electron chi connectivity index (χ4n) is 1.84. The second-order valence-electron chi connectivity index (χ2n) is 4.55. The molecule has 118 valence electrons. The Balaban J connectivity index is 2.78. The lowest BCUT2D eigenvalue weighted by atomic mass is 10.1. The number of rotatable bonds is 9. The molecule has 0 radical (unpaired) electrons. The molecule has 3 N–H and O–H groups in total. The van der Waals surface area contributed by atoms with Crippen LogP contribution in [0, 0.1) is 5.82 Å². The molecule has 0 amide bonds. The van der Waals surface area contributed by atoms with Crippen molar-refractivity contribution in [3.63, 3.8) is 0 Å². The summed E-state index contributed by atoms with van der Waals surface area (Å²) < 4.78 is 24.2. The van der Waals surface area contributed by atoms with Crippen LogP contribution in [0.25, 0.3) is 0 Å². The first-order valence-corrected chi connectivity index (χ1v) is 6.59. The van der Waals surface area contributed by atoms with Crippen molar-refractivity contribution < 1.29 is 19.1 Å². The van der Waals surface area contributed by atoms with Gasteiger partial charge in [-0.05, 0) is 6.07 Å². The third kappa shape index (κ3) is 5.66. The lowest BCUT2D eigenvalue weighted by Crippen LogP contribution is -2.30. The molecule has 0 heterocycles. The average Bonchev–Trinajstić information content (AvgIpc) is 2.50. The molecule has 0 saturated heterocycles. The molecule has 1 aromatic carbocycles. The minimum Gasteiger partial charge on any atom is -0.409 e. The quantitative estimate of drug-likeness (QED) is 0.308. The maximum Gasteiger partial charge on any atom is 0.170 e. The molecule has 1 aromatic rings. The summed E-state index contributed by atoms with van der Waals surface area (Å²) in [5.74, 6) is -0.505. The Morgan fingerprint density at radius 1 is 1.29 bits per heavy atom. The Labute approximate surface area is 123 Å². The maximum absolute atomic E-state index is 14.1. The zero-order valence-corrected chi connectivity index (χ0v) is 12.4. The minimum absolute atomic E-state index is 0.115. The molecular formula is C14H22FN3O3. The van der Waals surface area contributed by atoms with Gasteiger partial charge in [-0.15, -0.1) is 0 Å². The number of nitrogens with zero attached hydrogens (tertiary/aromatic N) is 2. The van der Waals surface area contributed by atoms with Crippen LogP contribution in [-0.4, -0.2) is 56.5 Å². The van der Waals surface area contributed by atoms with Gasteiger partial charge in [0.2, 0.25) is 0 Å². The number of methoxy groups -OCH3 is 2. The smallest absolute Gasteiger partial charge is 0.170 e. The molecule has 0 saturated carbocycles. The van der Waals surface area contributed by atoms with Crippen molar-refractivity contribution in [1.29, 1.82) is 0 Å². The van der Waals surface area contributed by atoms with Crippen LogP contribution in [0.1, 0.15) is 11.1 Å². The van der Waals surface area contributed by atoms with Crippen LogP contribution in [0.15, 0.2) is 23.4 Å². The third-order valence-corrected chi connectivity index (χ3v) is 3.07. The third-order valence-electron chi connectivity index (χ3n) is 3.07. The van der Waals surface area contributed by atoms with Crippen LogP contribution in [-0.2, 0) is 16.0 Å². The van der Waals surface area contributed by atoms with E-state index in [9.17, 15) is 4.39 Å². The largest absolute Gasteiger partial charge is 0.409 e. The van der Waals surface area contributed by atoms with E-state index in [4.69, 9.17) is 20.4 Å². The van der Waals surface area contributed by atoms with E-state index in [2.05, 4.69) is 5.16 Å². The van der Waals surface area contributed by atoms with Crippen LogP contribution in [0.3, 0.4) is 0 Å². The standard InChI is InChI=1S/C14H22FN3O3/c1-20-7-5-18(6-8-21-2)10-12-4-3-11(9-13(12)15)14(16)17-19/h3-4,9,19H,5-8,10H2,1-2H3,(H2,16,17). The summed E-state index contributed by atoms with van der Waals surface area (Å²) in [5.41, 5.74) is 6.32. The van der Waals surface area contributed by atoms with Gasteiger partial charge in [-0.1, -0.05) is 17.3 Å². The Bertz CT molecular complexity index is 461. The number of oxime groups is 1. The predicted octanol–water partition coefficient (Wildman–Crippen LogP) is 1.02. The van der Waals surface area contributed by atoms with Crippen molar-refractivity contribution in [1.82, 2.24) is 4.90 Å². The Morgan fingerprint density at radius 3 is 2.38 bits per heavy atom. The normalized spacial score (nSPS) is 12.1. The number of benzene rings is 1. The highest BCUT2D eigenvalue weighted by molar-refractivity contribution is 5.97. The van der Waals surface area contributed by atoms with Crippen LogP contribution in [0.5, 0.6) is 0 Å². The first-order chi connectivity index (χ1) is 10.1. The van der Waals surface area contributed by atoms with Gasteiger partial charge < -0.3 is 20.4 Å². The van der Waals surface area contributed by atoms with Crippen LogP contribution >= 0.6 is 0 Å². The lowest BCUT2D eigenvalue weighted by molar-refractivity contribution is 0.109. The van der Waals surface area contributed by atoms with Gasteiger partial charge in [-0.2, -0.15) is 0 Å². The van der Waals surface area contributed by atoms with E-state index < -0.39 is 0 Å². The summed E-state index contributed by atoms with van der Waals surface area (Å²) in [6, 6.07) is 4.52. The highest BCUT2D eigenvalue weighted by Gasteiger charge is 2.11. The minimum atomic E-state index is -0.390. The SMILES string of the molecule is COCCN(CCOC)Cc1ccc(C(N)=NO)cc1F. The second kappa shape index (κ2) is 9.28. The van der Waals surface area contributed by atoms with E-state index in [1.807, 2.05) is 4.90 Å². The molecule has 0 unspecified atom stereocenters. The maximum atomic E-state index is 14.1. The molecule has 21 heavy (non-hydrogen) atoms. The number of halogens is 1. The molecule has 7 heteroatoms. The van der Waals surface area contributed by atoms with Crippen LogP contribution < -0.4 is 5.73 Å². The summed E-state index contributed by atoms with van der Waals surface area (Å²) in [6.07, 6.45) is 0. The van der Waals surface area contributed by atoms with Crippen molar-refractivity contribution >= 4 is 5.84 Å². The molecule has 0 aliphatic heterocycles. The van der Waals surface area contributed by atoms with Crippen molar-refractivity contribution in [3.8, 4) is 0 Å². The van der Waals surface area contributed by atoms with E-state index in [1.54, 1.807) is 26.4 Å². The fraction of sp³-hybridized carbons (Fsp3) is 0.500. The van der Waals surface area contributed by atoms with Gasteiger partial charge >= 0.3 is 0 Å². The number of hydrogen-bond acceptors (Lipinski definition) is 5. The van der Waals surface area contributed by atoms with E-state index in [1.165, 1.54) is 6.07 Å². The predicted molar refractivity (Wildman–Crippen MR) is 77.9 cm³/mol. The molecule has 0 aromatic heterocycles. The molecule has 0 aliphatic carbocycles. The number of hydrogen-bond donors (Lipinski definition) is 2. The van der Waals surface area contributed by atoms with Gasteiger partial charge in [0, 0.05) is 45.0 Å². The van der Waals surface area contributed by atoms with E-state index in [0.29, 0.717) is 44.0 Å². The van der Waals surface area contributed by atoms with Crippen molar-refractivity contribution in [2.75, 3.05) is 40.5 Å². The zero-order valence-electron chi connectivity index (χ0n) is 12.4. The van der Waals surface area contributed by atoms with Crippen molar-refractivity contribution in [2.24, 2.45) is 10.9 Å². The lowest BCUT2D eigenvalue weighted by Gasteiger charge is -2.22. The zero-order chi connectivity index (χ0) is 15.7. The van der Waals surface area contributed by atoms with Gasteiger partial charge in [0.05, 0.1) is 13.2 Å². The summed E-state index contributed by atoms with van der Waals surface area (Å²) in [5, 5.41) is 11.4. The first kappa shape index (κ1) is 17.4. The second-order valence-corrected chi connectivity index (χ2v) is 4.55. The van der Waals surface area contributed by atoms with Crippen LogP contribution in [0.4, 0.5) is 4.39 Å². The summed E-state index contributed by atoms with van der Waals surface area (Å²) >= 11 is 0. The summed E-state index contributed by atoms with van der Waals surface area (Å²) in [6.45, 7) is 2.93. The van der Waals surface area contributed by atoms with Crippen molar-refractivity contribution in [2.45, 2.75) is 6.54 Å². The van der Waals surface area contributed by atoms with Gasteiger partial charge in [-0.25, -0.2) is 4.39 Å². The summed E-state index contributed by atoms with van der Waals surface area (Å²) in [7, 11) is 3.25.